The van der Waals surface area contributed by atoms with Gasteiger partial charge in [0, 0.05) is 43.0 Å². The Hall–Kier alpha value is -3.50. The Morgan fingerprint density at radius 3 is 2.69 bits per heavy atom. The molecule has 0 bridgehead atoms. The molecule has 5 heterocycles. The number of hydrogen-bond acceptors (Lipinski definition) is 6. The fourth-order valence-electron chi connectivity index (χ4n) is 4.40. The van der Waals surface area contributed by atoms with Crippen molar-refractivity contribution in [2.75, 3.05) is 18.0 Å². The molecule has 1 saturated heterocycles. The lowest BCUT2D eigenvalue weighted by molar-refractivity contribution is -0.141. The average Bonchev–Trinajstić information content (AvgIpc) is 3.20. The van der Waals surface area contributed by atoms with Crippen LogP contribution in [-0.2, 0) is 6.18 Å². The van der Waals surface area contributed by atoms with E-state index >= 15 is 0 Å². The van der Waals surface area contributed by atoms with Gasteiger partial charge in [0.25, 0.3) is 0 Å². The standard InChI is InChI=1S/C21H19F3N8/c22-21(23,24)16-11-32-15(8-27-18(32)9-26-16)20-25-5-3-17(29-20)31-6-4-13(10-31)14-7-28-30-19(14)12-1-2-12/h3,5,7-9,11-13H,1-2,4,6,10H2,(H,28,30). The second kappa shape index (κ2) is 7.01. The summed E-state index contributed by atoms with van der Waals surface area (Å²) in [6.45, 7) is 1.65. The van der Waals surface area contributed by atoms with Crippen molar-refractivity contribution in [2.24, 2.45) is 0 Å². The molecule has 32 heavy (non-hydrogen) atoms. The van der Waals surface area contributed by atoms with Crippen LogP contribution in [0.5, 0.6) is 0 Å². The number of alkyl halides is 3. The molecule has 4 aromatic rings. The second-order valence-electron chi connectivity index (χ2n) is 8.33. The number of nitrogens with one attached hydrogen (secondary N) is 1. The number of aromatic amines is 1. The summed E-state index contributed by atoms with van der Waals surface area (Å²) in [5.41, 5.74) is 2.25. The molecular formula is C21H19F3N8. The first-order chi connectivity index (χ1) is 15.5. The van der Waals surface area contributed by atoms with Gasteiger partial charge in [-0.1, -0.05) is 0 Å². The summed E-state index contributed by atoms with van der Waals surface area (Å²) in [5.74, 6) is 2.05. The summed E-state index contributed by atoms with van der Waals surface area (Å²) < 4.78 is 40.7. The zero-order chi connectivity index (χ0) is 21.9. The average molecular weight is 440 g/mol. The van der Waals surface area contributed by atoms with Crippen LogP contribution in [0.15, 0.2) is 37.1 Å². The van der Waals surface area contributed by atoms with Gasteiger partial charge in [0.05, 0.1) is 18.6 Å². The molecule has 0 radical (unpaired) electrons. The molecule has 6 rings (SSSR count). The van der Waals surface area contributed by atoms with Crippen molar-refractivity contribution in [1.82, 2.24) is 34.5 Å². The Labute approximate surface area is 180 Å². The van der Waals surface area contributed by atoms with E-state index in [0.29, 0.717) is 29.0 Å². The Kier molecular flexibility index (Phi) is 4.21. The summed E-state index contributed by atoms with van der Waals surface area (Å²) >= 11 is 0. The molecular weight excluding hydrogens is 421 g/mol. The molecule has 1 atom stereocenters. The van der Waals surface area contributed by atoms with Crippen LogP contribution in [0, 0.1) is 0 Å². The molecule has 1 aliphatic carbocycles. The van der Waals surface area contributed by atoms with Gasteiger partial charge in [-0.2, -0.15) is 18.3 Å². The fraction of sp³-hybridized carbons (Fsp3) is 0.381. The number of aromatic nitrogens is 7. The van der Waals surface area contributed by atoms with Crippen LogP contribution in [0.4, 0.5) is 19.0 Å². The topological polar surface area (TPSA) is 87.9 Å². The largest absolute Gasteiger partial charge is 0.434 e. The lowest BCUT2D eigenvalue weighted by Gasteiger charge is -2.18. The van der Waals surface area contributed by atoms with Gasteiger partial charge in [-0.15, -0.1) is 0 Å². The monoisotopic (exact) mass is 440 g/mol. The molecule has 2 fully saturated rings. The van der Waals surface area contributed by atoms with Crippen LogP contribution in [0.3, 0.4) is 0 Å². The minimum atomic E-state index is -4.55. The number of rotatable bonds is 4. The van der Waals surface area contributed by atoms with E-state index in [-0.39, 0.29) is 0 Å². The lowest BCUT2D eigenvalue weighted by atomic mass is 9.97. The Balaban J connectivity index is 1.29. The molecule has 0 amide bonds. The van der Waals surface area contributed by atoms with E-state index in [2.05, 4.69) is 35.0 Å². The molecule has 2 aliphatic rings. The van der Waals surface area contributed by atoms with E-state index in [1.807, 2.05) is 12.3 Å². The first-order valence-corrected chi connectivity index (χ1v) is 10.5. The van der Waals surface area contributed by atoms with Gasteiger partial charge in [-0.05, 0) is 30.9 Å². The van der Waals surface area contributed by atoms with E-state index in [0.717, 1.165) is 37.7 Å². The van der Waals surface area contributed by atoms with Crippen LogP contribution in [-0.4, -0.2) is 47.6 Å². The number of anilines is 1. The molecule has 8 nitrogen and oxygen atoms in total. The predicted molar refractivity (Wildman–Crippen MR) is 109 cm³/mol. The summed E-state index contributed by atoms with van der Waals surface area (Å²) in [7, 11) is 0. The molecule has 1 N–H and O–H groups in total. The normalized spacial score (nSPS) is 19.2. The fourth-order valence-corrected chi connectivity index (χ4v) is 4.40. The molecule has 1 saturated carbocycles. The van der Waals surface area contributed by atoms with Gasteiger partial charge in [0.15, 0.2) is 17.2 Å². The van der Waals surface area contributed by atoms with E-state index in [1.54, 1.807) is 6.20 Å². The molecule has 11 heteroatoms. The molecule has 1 unspecified atom stereocenters. The van der Waals surface area contributed by atoms with Crippen molar-refractivity contribution in [2.45, 2.75) is 37.3 Å². The number of halogens is 3. The predicted octanol–water partition coefficient (Wildman–Crippen LogP) is 3.80. The summed E-state index contributed by atoms with van der Waals surface area (Å²) in [6, 6.07) is 1.83. The van der Waals surface area contributed by atoms with E-state index in [1.165, 1.54) is 34.7 Å². The maximum absolute atomic E-state index is 13.1. The number of hydrogen-bond donors (Lipinski definition) is 1. The number of H-pyrrole nitrogens is 1. The highest BCUT2D eigenvalue weighted by Gasteiger charge is 2.34. The van der Waals surface area contributed by atoms with E-state index in [9.17, 15) is 13.2 Å². The molecule has 164 valence electrons. The number of imidazole rings is 1. The molecule has 0 spiro atoms. The van der Waals surface area contributed by atoms with Crippen molar-refractivity contribution in [3.63, 3.8) is 0 Å². The van der Waals surface area contributed by atoms with Crippen molar-refractivity contribution in [1.29, 1.82) is 0 Å². The highest BCUT2D eigenvalue weighted by molar-refractivity contribution is 5.58. The first kappa shape index (κ1) is 19.2. The smallest absolute Gasteiger partial charge is 0.356 e. The number of nitrogens with zero attached hydrogens (tertiary/aromatic N) is 7. The van der Waals surface area contributed by atoms with Crippen LogP contribution in [0.2, 0.25) is 0 Å². The van der Waals surface area contributed by atoms with Gasteiger partial charge in [-0.3, -0.25) is 9.50 Å². The minimum Gasteiger partial charge on any atom is -0.356 e. The molecule has 4 aromatic heterocycles. The van der Waals surface area contributed by atoms with Crippen molar-refractivity contribution < 1.29 is 13.2 Å². The lowest BCUT2D eigenvalue weighted by Crippen LogP contribution is -2.21. The third-order valence-corrected chi connectivity index (χ3v) is 6.19. The van der Waals surface area contributed by atoms with Crippen LogP contribution in [0.25, 0.3) is 17.2 Å². The zero-order valence-corrected chi connectivity index (χ0v) is 16.9. The quantitative estimate of drug-likeness (QED) is 0.519. The summed E-state index contributed by atoms with van der Waals surface area (Å²) in [5, 5.41) is 7.43. The van der Waals surface area contributed by atoms with Crippen LogP contribution >= 0.6 is 0 Å². The van der Waals surface area contributed by atoms with Gasteiger partial charge >= 0.3 is 6.18 Å². The van der Waals surface area contributed by atoms with Crippen LogP contribution < -0.4 is 4.90 Å². The van der Waals surface area contributed by atoms with Crippen LogP contribution in [0.1, 0.15) is 48.0 Å². The minimum absolute atomic E-state index is 0.302. The van der Waals surface area contributed by atoms with E-state index < -0.39 is 11.9 Å². The maximum Gasteiger partial charge on any atom is 0.434 e. The third-order valence-electron chi connectivity index (χ3n) is 6.19. The van der Waals surface area contributed by atoms with Gasteiger partial charge in [-0.25, -0.2) is 19.9 Å². The zero-order valence-electron chi connectivity index (χ0n) is 16.9. The summed E-state index contributed by atoms with van der Waals surface area (Å²) in [4.78, 5) is 18.7. The first-order valence-electron chi connectivity index (χ1n) is 10.5. The van der Waals surface area contributed by atoms with Gasteiger partial charge < -0.3 is 4.90 Å². The molecule has 1 aliphatic heterocycles. The van der Waals surface area contributed by atoms with Crippen molar-refractivity contribution >= 4 is 11.5 Å². The maximum atomic E-state index is 13.1. The highest BCUT2D eigenvalue weighted by Crippen LogP contribution is 2.43. The highest BCUT2D eigenvalue weighted by atomic mass is 19.4. The second-order valence-corrected chi connectivity index (χ2v) is 8.33. The SMILES string of the molecule is FC(F)(F)c1cn2c(-c3nccc(N4CCC(c5cn[nH]c5C5CC5)C4)n3)cnc2cn1. The van der Waals surface area contributed by atoms with Gasteiger partial charge in [0.2, 0.25) is 0 Å². The van der Waals surface area contributed by atoms with Crippen molar-refractivity contribution in [3.05, 3.63) is 54.0 Å². The molecule has 0 aromatic carbocycles. The third kappa shape index (κ3) is 3.28. The van der Waals surface area contributed by atoms with Gasteiger partial charge in [0.1, 0.15) is 11.5 Å². The Morgan fingerprint density at radius 2 is 1.88 bits per heavy atom. The van der Waals surface area contributed by atoms with Crippen molar-refractivity contribution in [3.8, 4) is 11.5 Å². The number of fused-ring (bicyclic) bond motifs is 1. The Bertz CT molecular complexity index is 1290. The van der Waals surface area contributed by atoms with E-state index in [4.69, 9.17) is 0 Å². The Morgan fingerprint density at radius 1 is 1.00 bits per heavy atom. The summed E-state index contributed by atoms with van der Waals surface area (Å²) in [6.07, 6.45) is 5.95.